The Morgan fingerprint density at radius 1 is 1.56 bits per heavy atom. The van der Waals surface area contributed by atoms with Crippen molar-refractivity contribution in [3.63, 3.8) is 0 Å². The van der Waals surface area contributed by atoms with Crippen molar-refractivity contribution in [2.75, 3.05) is 0 Å². The minimum atomic E-state index is -0.321. The highest BCUT2D eigenvalue weighted by atomic mass is 16.2. The fourth-order valence-electron chi connectivity index (χ4n) is 0.596. The molecule has 1 aliphatic heterocycles. The molecule has 0 aliphatic carbocycles. The van der Waals surface area contributed by atoms with E-state index in [0.717, 1.165) is 0 Å². The van der Waals surface area contributed by atoms with Gasteiger partial charge in [0.15, 0.2) is 0 Å². The molecule has 1 unspecified atom stereocenters. The largest absolute Gasteiger partial charge is 0.292 e. The van der Waals surface area contributed by atoms with Gasteiger partial charge in [0, 0.05) is 6.08 Å². The van der Waals surface area contributed by atoms with Gasteiger partial charge in [-0.05, 0) is 0 Å². The number of imide groups is 1. The van der Waals surface area contributed by atoms with E-state index in [-0.39, 0.29) is 17.7 Å². The highest BCUT2D eigenvalue weighted by Gasteiger charge is 2.15. The summed E-state index contributed by atoms with van der Waals surface area (Å²) >= 11 is 0. The summed E-state index contributed by atoms with van der Waals surface area (Å²) in [5.74, 6) is -0.705. The Morgan fingerprint density at radius 2 is 2.22 bits per heavy atom. The zero-order chi connectivity index (χ0) is 6.85. The van der Waals surface area contributed by atoms with E-state index < -0.39 is 0 Å². The van der Waals surface area contributed by atoms with E-state index in [4.69, 9.17) is 0 Å². The third kappa shape index (κ3) is 1.16. The maximum atomic E-state index is 10.6. The summed E-state index contributed by atoms with van der Waals surface area (Å²) in [4.78, 5) is 21.0. The highest BCUT2D eigenvalue weighted by Crippen LogP contribution is 2.00. The van der Waals surface area contributed by atoms with Crippen LogP contribution in [0.4, 0.5) is 0 Å². The van der Waals surface area contributed by atoms with Crippen molar-refractivity contribution >= 4 is 11.8 Å². The van der Waals surface area contributed by atoms with Crippen LogP contribution in [0.1, 0.15) is 6.92 Å². The van der Waals surface area contributed by atoms with Crippen LogP contribution in [-0.2, 0) is 9.59 Å². The first kappa shape index (κ1) is 6.01. The zero-order valence-electron chi connectivity index (χ0n) is 5.05. The Kier molecular flexibility index (Phi) is 1.34. The van der Waals surface area contributed by atoms with Gasteiger partial charge in [0.25, 0.3) is 0 Å². The molecule has 0 aromatic heterocycles. The van der Waals surface area contributed by atoms with Gasteiger partial charge < -0.3 is 0 Å². The van der Waals surface area contributed by atoms with E-state index in [1.54, 1.807) is 13.0 Å². The van der Waals surface area contributed by atoms with Crippen LogP contribution in [0.3, 0.4) is 0 Å². The Hall–Kier alpha value is -1.12. The second-order valence-electron chi connectivity index (χ2n) is 2.00. The highest BCUT2D eigenvalue weighted by molar-refractivity contribution is 6.04. The molecule has 2 amide bonds. The predicted molar refractivity (Wildman–Crippen MR) is 31.5 cm³/mol. The van der Waals surface area contributed by atoms with Crippen LogP contribution < -0.4 is 5.32 Å². The number of hydrogen-bond acceptors (Lipinski definition) is 2. The Morgan fingerprint density at radius 3 is 2.67 bits per heavy atom. The SMILES string of the molecule is CC1C=CC(=O)NC1=O. The van der Waals surface area contributed by atoms with Crippen molar-refractivity contribution in [3.05, 3.63) is 12.2 Å². The molecule has 0 bridgehead atoms. The lowest BCUT2D eigenvalue weighted by Crippen LogP contribution is -2.36. The second-order valence-corrected chi connectivity index (χ2v) is 2.00. The average Bonchev–Trinajstić information content (AvgIpc) is 1.80. The Bertz CT molecular complexity index is 183. The molecule has 0 fully saturated rings. The standard InChI is InChI=1S/C6H7NO2/c1-4-2-3-5(8)7-6(4)9/h2-4H,1H3,(H,7,8,9). The molecule has 48 valence electrons. The molecule has 0 spiro atoms. The third-order valence-corrected chi connectivity index (χ3v) is 1.20. The summed E-state index contributed by atoms with van der Waals surface area (Å²) in [5, 5.41) is 2.16. The molecule has 0 aromatic carbocycles. The summed E-state index contributed by atoms with van der Waals surface area (Å²) in [5.41, 5.74) is 0. The number of hydrogen-bond donors (Lipinski definition) is 1. The van der Waals surface area contributed by atoms with Crippen LogP contribution in [0.25, 0.3) is 0 Å². The maximum absolute atomic E-state index is 10.6. The molecule has 1 atom stereocenters. The molecule has 3 nitrogen and oxygen atoms in total. The van der Waals surface area contributed by atoms with Crippen molar-refractivity contribution in [2.24, 2.45) is 5.92 Å². The molecule has 3 heteroatoms. The molecule has 1 heterocycles. The summed E-state index contributed by atoms with van der Waals surface area (Å²) in [6, 6.07) is 0. The van der Waals surface area contributed by atoms with Gasteiger partial charge in [0.2, 0.25) is 11.8 Å². The van der Waals surface area contributed by atoms with Crippen LogP contribution >= 0.6 is 0 Å². The van der Waals surface area contributed by atoms with Gasteiger partial charge in [-0.25, -0.2) is 0 Å². The van der Waals surface area contributed by atoms with E-state index in [1.165, 1.54) is 6.08 Å². The quantitative estimate of drug-likeness (QED) is 0.457. The van der Waals surface area contributed by atoms with Crippen LogP contribution in [0, 0.1) is 5.92 Å². The van der Waals surface area contributed by atoms with E-state index in [1.807, 2.05) is 0 Å². The van der Waals surface area contributed by atoms with Crippen molar-refractivity contribution in [3.8, 4) is 0 Å². The molecule has 9 heavy (non-hydrogen) atoms. The first-order valence-corrected chi connectivity index (χ1v) is 2.73. The van der Waals surface area contributed by atoms with Gasteiger partial charge in [-0.15, -0.1) is 0 Å². The number of nitrogens with one attached hydrogen (secondary N) is 1. The monoisotopic (exact) mass is 125 g/mol. The molecule has 0 saturated heterocycles. The van der Waals surface area contributed by atoms with Crippen LogP contribution in [0.5, 0.6) is 0 Å². The molecular formula is C6H7NO2. The maximum Gasteiger partial charge on any atom is 0.250 e. The normalized spacial score (nSPS) is 26.1. The van der Waals surface area contributed by atoms with E-state index >= 15 is 0 Å². The third-order valence-electron chi connectivity index (χ3n) is 1.20. The lowest BCUT2D eigenvalue weighted by atomic mass is 10.1. The molecule has 1 rings (SSSR count). The van der Waals surface area contributed by atoms with Gasteiger partial charge >= 0.3 is 0 Å². The number of amides is 2. The van der Waals surface area contributed by atoms with Gasteiger partial charge in [-0.1, -0.05) is 13.0 Å². The minimum Gasteiger partial charge on any atom is -0.292 e. The van der Waals surface area contributed by atoms with Gasteiger partial charge in [-0.3, -0.25) is 14.9 Å². The topological polar surface area (TPSA) is 46.2 Å². The molecule has 1 aliphatic rings. The lowest BCUT2D eigenvalue weighted by Gasteiger charge is -2.09. The van der Waals surface area contributed by atoms with Gasteiger partial charge in [0.05, 0.1) is 5.92 Å². The minimum absolute atomic E-state index is 0.164. The van der Waals surface area contributed by atoms with Crippen molar-refractivity contribution in [1.82, 2.24) is 5.32 Å². The molecular weight excluding hydrogens is 118 g/mol. The Balaban J connectivity index is 2.76. The van der Waals surface area contributed by atoms with Crippen molar-refractivity contribution < 1.29 is 9.59 Å². The van der Waals surface area contributed by atoms with Crippen molar-refractivity contribution in [1.29, 1.82) is 0 Å². The van der Waals surface area contributed by atoms with Crippen LogP contribution in [-0.4, -0.2) is 11.8 Å². The average molecular weight is 125 g/mol. The summed E-state index contributed by atoms with van der Waals surface area (Å²) in [6.07, 6.45) is 2.95. The summed E-state index contributed by atoms with van der Waals surface area (Å²) < 4.78 is 0. The number of carbonyl (C=O) groups is 2. The molecule has 0 aromatic rings. The number of rotatable bonds is 0. The van der Waals surface area contributed by atoms with E-state index in [9.17, 15) is 9.59 Å². The Labute approximate surface area is 52.7 Å². The lowest BCUT2D eigenvalue weighted by molar-refractivity contribution is -0.130. The van der Waals surface area contributed by atoms with E-state index in [2.05, 4.69) is 5.32 Å². The smallest absolute Gasteiger partial charge is 0.250 e. The summed E-state index contributed by atoms with van der Waals surface area (Å²) in [7, 11) is 0. The van der Waals surface area contributed by atoms with E-state index in [0.29, 0.717) is 0 Å². The zero-order valence-corrected chi connectivity index (χ0v) is 5.05. The molecule has 0 saturated carbocycles. The second kappa shape index (κ2) is 2.01. The van der Waals surface area contributed by atoms with Gasteiger partial charge in [0.1, 0.15) is 0 Å². The number of carbonyl (C=O) groups excluding carboxylic acids is 2. The van der Waals surface area contributed by atoms with Crippen molar-refractivity contribution in [2.45, 2.75) is 6.92 Å². The fourth-order valence-corrected chi connectivity index (χ4v) is 0.596. The van der Waals surface area contributed by atoms with Crippen LogP contribution in [0.2, 0.25) is 0 Å². The molecule has 0 radical (unpaired) electrons. The summed E-state index contributed by atoms with van der Waals surface area (Å²) in [6.45, 7) is 1.73. The van der Waals surface area contributed by atoms with Gasteiger partial charge in [-0.2, -0.15) is 0 Å². The van der Waals surface area contributed by atoms with Crippen LogP contribution in [0.15, 0.2) is 12.2 Å². The fraction of sp³-hybridized carbons (Fsp3) is 0.333. The molecule has 1 N–H and O–H groups in total. The predicted octanol–water partition coefficient (Wildman–Crippen LogP) is -0.165. The first-order valence-electron chi connectivity index (χ1n) is 2.73. The first-order chi connectivity index (χ1) is 4.20.